The average Bonchev–Trinajstić information content (AvgIpc) is 2.13. The molecule has 93 heavy (non-hydrogen) atoms. The van der Waals surface area contributed by atoms with Gasteiger partial charge in [-0.1, -0.05) is 366 Å². The van der Waals surface area contributed by atoms with Crippen molar-refractivity contribution in [2.45, 2.75) is 291 Å². The first-order valence-electron chi connectivity index (χ1n) is 36.4. The fourth-order valence-corrected chi connectivity index (χ4v) is 10.8. The first-order chi connectivity index (χ1) is 44.1. The molecule has 0 fully saturated rings. The topological polar surface area (TPSA) is 0 Å². The van der Waals surface area contributed by atoms with Crippen LogP contribution < -0.4 is 0 Å². The first kappa shape index (κ1) is 85.1. The standard InChI is InChI=1S/C14H22.C13H20.2C12H18.2C11H16.C10H14.C9H11Cl/c1-4-5-6-7-13-8-10-14(11-9-13)12(2)3;1-4-5-6-12-7-9-13(10-8-12)11(2)3;1-9(2)11-5-7-12(8-6-11)10(3)4;1-4-5-11-6-8-12(9-7-11)10(2)3;1-8(2)11-9(3)6-5-7-10(11)4;1-4-10-5-7-11(8-6-10)9(2)3;1-8(2)10-7-5-4-6-9(10)3;1-7(2)8-3-5-9(10)6-4-8/h8-12H,4-7H2,1-3H3;7-11H,4-6H2,1-3H3;5-10H,1-4H3;6-10H,4-5H2,1-3H3;5-8H,1-4H3;5-9H,4H2,1-3H3;4-8H,1-3H3;3-7H,1-2H3. The smallest absolute Gasteiger partial charge is 0.0406 e. The molecule has 510 valence electrons. The summed E-state index contributed by atoms with van der Waals surface area (Å²) in [6, 6.07) is 68.0. The number of unbranched alkanes of at least 4 members (excludes halogenated alkanes) is 3. The quantitative estimate of drug-likeness (QED) is 0.0708. The molecule has 0 bridgehead atoms. The summed E-state index contributed by atoms with van der Waals surface area (Å²) in [5.74, 6) is 5.80. The van der Waals surface area contributed by atoms with Crippen molar-refractivity contribution in [3.05, 3.63) is 282 Å². The molecule has 0 amide bonds. The summed E-state index contributed by atoms with van der Waals surface area (Å²) in [5, 5.41) is 0.810. The van der Waals surface area contributed by atoms with Crippen molar-refractivity contribution in [2.75, 3.05) is 0 Å². The minimum atomic E-state index is 0.595. The Balaban J connectivity index is 0.000000533. The summed E-state index contributed by atoms with van der Waals surface area (Å²) < 4.78 is 0. The second kappa shape index (κ2) is 48.7. The second-order valence-corrected chi connectivity index (χ2v) is 28.8. The number of aryl methyl sites for hydroxylation is 7. The van der Waals surface area contributed by atoms with E-state index < -0.39 is 0 Å². The molecule has 0 spiro atoms. The number of rotatable bonds is 19. The molecule has 0 aliphatic heterocycles. The van der Waals surface area contributed by atoms with E-state index in [1.807, 2.05) is 12.1 Å². The lowest BCUT2D eigenvalue weighted by Gasteiger charge is -2.12. The molecule has 0 saturated heterocycles. The van der Waals surface area contributed by atoms with Gasteiger partial charge in [0, 0.05) is 5.02 Å². The number of halogens is 1. The zero-order chi connectivity index (χ0) is 70.0. The third-order valence-corrected chi connectivity index (χ3v) is 17.4. The van der Waals surface area contributed by atoms with Crippen molar-refractivity contribution in [2.24, 2.45) is 0 Å². The van der Waals surface area contributed by atoms with Gasteiger partial charge in [0.15, 0.2) is 0 Å². The molecule has 8 aromatic carbocycles. The predicted molar refractivity (Wildman–Crippen MR) is 423 cm³/mol. The highest BCUT2D eigenvalue weighted by atomic mass is 35.5. The van der Waals surface area contributed by atoms with Gasteiger partial charge < -0.3 is 0 Å². The maximum atomic E-state index is 5.72. The summed E-state index contributed by atoms with van der Waals surface area (Å²) in [4.78, 5) is 0. The highest BCUT2D eigenvalue weighted by Gasteiger charge is 2.07. The summed E-state index contributed by atoms with van der Waals surface area (Å²) in [7, 11) is 0. The van der Waals surface area contributed by atoms with Gasteiger partial charge in [-0.15, -0.1) is 0 Å². The van der Waals surface area contributed by atoms with Crippen LogP contribution in [0.2, 0.25) is 5.02 Å². The minimum Gasteiger partial charge on any atom is -0.0843 e. The number of benzene rings is 8. The van der Waals surface area contributed by atoms with Crippen molar-refractivity contribution >= 4 is 11.6 Å². The van der Waals surface area contributed by atoms with Crippen LogP contribution in [-0.2, 0) is 25.7 Å². The van der Waals surface area contributed by atoms with Crippen molar-refractivity contribution in [1.29, 1.82) is 0 Å². The van der Waals surface area contributed by atoms with Crippen LogP contribution in [0.25, 0.3) is 0 Å². The van der Waals surface area contributed by atoms with Crippen molar-refractivity contribution < 1.29 is 0 Å². The molecule has 0 aliphatic carbocycles. The van der Waals surface area contributed by atoms with Crippen molar-refractivity contribution in [3.8, 4) is 0 Å². The van der Waals surface area contributed by atoms with Crippen LogP contribution in [0.1, 0.15) is 333 Å². The Labute approximate surface area is 580 Å². The van der Waals surface area contributed by atoms with Gasteiger partial charge in [0.25, 0.3) is 0 Å². The zero-order valence-corrected chi connectivity index (χ0v) is 64.8. The molecule has 0 aliphatic rings. The van der Waals surface area contributed by atoms with Gasteiger partial charge in [-0.3, -0.25) is 0 Å². The Morgan fingerprint density at radius 1 is 0.247 bits per heavy atom. The van der Waals surface area contributed by atoms with E-state index in [4.69, 9.17) is 11.6 Å². The molecule has 0 N–H and O–H groups in total. The third-order valence-electron chi connectivity index (χ3n) is 17.2. The van der Waals surface area contributed by atoms with Gasteiger partial charge in [-0.2, -0.15) is 0 Å². The second-order valence-electron chi connectivity index (χ2n) is 28.4. The Kier molecular flexibility index (Phi) is 44.5. The Morgan fingerprint density at radius 3 is 0.785 bits per heavy atom. The van der Waals surface area contributed by atoms with Gasteiger partial charge in [-0.05, 0) is 214 Å². The average molecular weight is 1280 g/mol. The molecule has 8 rings (SSSR count). The van der Waals surface area contributed by atoms with E-state index in [-0.39, 0.29) is 0 Å². The summed E-state index contributed by atoms with van der Waals surface area (Å²) >= 11 is 5.72. The van der Waals surface area contributed by atoms with Gasteiger partial charge in [0.05, 0.1) is 0 Å². The molecule has 1 heteroatoms. The van der Waals surface area contributed by atoms with Crippen LogP contribution >= 0.6 is 11.6 Å². The fraction of sp³-hybridized carbons (Fsp3) is 0.478. The molecule has 0 heterocycles. The van der Waals surface area contributed by atoms with Crippen LogP contribution in [0.15, 0.2) is 188 Å². The van der Waals surface area contributed by atoms with Gasteiger partial charge in [0.1, 0.15) is 0 Å². The van der Waals surface area contributed by atoms with Crippen molar-refractivity contribution in [1.82, 2.24) is 0 Å². The molecular weight excluding hydrogens is 1140 g/mol. The zero-order valence-electron chi connectivity index (χ0n) is 64.0. The Bertz CT molecular complexity index is 3020. The number of hydrogen-bond acceptors (Lipinski definition) is 0. The third kappa shape index (κ3) is 36.5. The fourth-order valence-electron chi connectivity index (χ4n) is 10.7. The summed E-state index contributed by atoms with van der Waals surface area (Å²) in [6.45, 7) is 55.5. The summed E-state index contributed by atoms with van der Waals surface area (Å²) in [5.41, 5.74) is 23.0. The molecular formula is C92H135Cl. The molecule has 8 aromatic rings. The molecule has 0 saturated carbocycles. The van der Waals surface area contributed by atoms with Gasteiger partial charge >= 0.3 is 0 Å². The largest absolute Gasteiger partial charge is 0.0843 e. The minimum absolute atomic E-state index is 0.595. The lowest BCUT2D eigenvalue weighted by molar-refractivity contribution is 0.717. The van der Waals surface area contributed by atoms with Gasteiger partial charge in [-0.25, -0.2) is 0 Å². The predicted octanol–water partition coefficient (Wildman–Crippen LogP) is 29.8. The van der Waals surface area contributed by atoms with Crippen LogP contribution in [0.3, 0.4) is 0 Å². The molecule has 0 atom stereocenters. The van der Waals surface area contributed by atoms with Crippen LogP contribution in [0, 0.1) is 20.8 Å². The molecule has 0 aromatic heterocycles. The van der Waals surface area contributed by atoms with Crippen LogP contribution in [0.4, 0.5) is 0 Å². The normalized spacial score (nSPS) is 10.7. The molecule has 0 nitrogen and oxygen atoms in total. The van der Waals surface area contributed by atoms with E-state index >= 15 is 0 Å². The van der Waals surface area contributed by atoms with Crippen LogP contribution in [-0.4, -0.2) is 0 Å². The Morgan fingerprint density at radius 2 is 0.527 bits per heavy atom. The van der Waals surface area contributed by atoms with E-state index in [0.29, 0.717) is 53.3 Å². The van der Waals surface area contributed by atoms with Crippen molar-refractivity contribution in [3.63, 3.8) is 0 Å². The highest BCUT2D eigenvalue weighted by molar-refractivity contribution is 6.30. The maximum absolute atomic E-state index is 5.72. The summed E-state index contributed by atoms with van der Waals surface area (Å²) in [6.07, 6.45) is 12.6. The van der Waals surface area contributed by atoms with E-state index in [1.165, 1.54) is 147 Å². The Hall–Kier alpha value is -5.95. The monoisotopic (exact) mass is 1280 g/mol. The first-order valence-corrected chi connectivity index (χ1v) is 36.8. The molecule has 0 unspecified atom stereocenters. The SMILES string of the molecule is CC(C)c1ccc(C(C)C)cc1.CC(C)c1ccc(Cl)cc1.CCCCCc1ccc(C(C)C)cc1.CCCCc1ccc(C(C)C)cc1.CCCc1ccc(C(C)C)cc1.CCc1ccc(C(C)C)cc1.Cc1cccc(C)c1C(C)C.Cc1ccccc1C(C)C. The highest BCUT2D eigenvalue weighted by Crippen LogP contribution is 2.25. The van der Waals surface area contributed by atoms with E-state index in [1.54, 1.807) is 0 Å². The lowest BCUT2D eigenvalue weighted by atomic mass is 9.94. The maximum Gasteiger partial charge on any atom is 0.0406 e. The molecule has 0 radical (unpaired) electrons. The lowest BCUT2D eigenvalue weighted by Crippen LogP contribution is -1.94. The van der Waals surface area contributed by atoms with Crippen LogP contribution in [0.5, 0.6) is 0 Å². The van der Waals surface area contributed by atoms with E-state index in [0.717, 1.165) is 11.4 Å². The van der Waals surface area contributed by atoms with E-state index in [9.17, 15) is 0 Å². The van der Waals surface area contributed by atoms with E-state index in [2.05, 4.69) is 349 Å². The number of hydrogen-bond donors (Lipinski definition) is 0. The van der Waals surface area contributed by atoms with Gasteiger partial charge in [0.2, 0.25) is 0 Å².